The number of hydrogen-bond donors (Lipinski definition) is 0. The van der Waals surface area contributed by atoms with E-state index in [2.05, 4.69) is 53.4 Å². The fraction of sp³-hybridized carbons (Fsp3) is 0.429. The van der Waals surface area contributed by atoms with Gasteiger partial charge in [-0.05, 0) is 56.0 Å². The Morgan fingerprint density at radius 3 is 2.57 bits per heavy atom. The van der Waals surface area contributed by atoms with Gasteiger partial charge in [-0.2, -0.15) is 0 Å². The molecule has 4 rings (SSSR count). The number of ether oxygens (including phenoxy) is 1. The molecule has 2 aliphatic heterocycles. The normalized spacial score (nSPS) is 21.0. The molecule has 0 saturated carbocycles. The third kappa shape index (κ3) is 3.28. The molecule has 2 heteroatoms. The Bertz CT molecular complexity index is 643. The van der Waals surface area contributed by atoms with E-state index in [9.17, 15) is 0 Å². The van der Waals surface area contributed by atoms with Gasteiger partial charge in [0.2, 0.25) is 0 Å². The fourth-order valence-electron chi connectivity index (χ4n) is 3.90. The first-order chi connectivity index (χ1) is 11.4. The molecule has 0 aliphatic carbocycles. The predicted molar refractivity (Wildman–Crippen MR) is 94.2 cm³/mol. The van der Waals surface area contributed by atoms with Gasteiger partial charge in [0.25, 0.3) is 0 Å². The average Bonchev–Trinajstić information content (AvgIpc) is 3.14. The molecule has 2 aromatic carbocycles. The number of para-hydroxylation sites is 1. The maximum Gasteiger partial charge on any atom is 0.123 e. The number of fused-ring (bicyclic) bond motifs is 1. The first-order valence-corrected chi connectivity index (χ1v) is 8.93. The summed E-state index contributed by atoms with van der Waals surface area (Å²) in [6.07, 6.45) is 5.00. The lowest BCUT2D eigenvalue weighted by Gasteiger charge is -2.26. The largest absolute Gasteiger partial charge is 0.493 e. The molecule has 0 spiro atoms. The first-order valence-electron chi connectivity index (χ1n) is 8.93. The van der Waals surface area contributed by atoms with Crippen molar-refractivity contribution in [1.29, 1.82) is 0 Å². The molecule has 0 bridgehead atoms. The number of rotatable bonds is 4. The third-order valence-corrected chi connectivity index (χ3v) is 5.26. The zero-order valence-electron chi connectivity index (χ0n) is 13.7. The van der Waals surface area contributed by atoms with Crippen molar-refractivity contribution in [3.05, 3.63) is 65.2 Å². The van der Waals surface area contributed by atoms with Gasteiger partial charge in [0.05, 0.1) is 6.61 Å². The molecule has 1 atom stereocenters. The summed E-state index contributed by atoms with van der Waals surface area (Å²) < 4.78 is 5.79. The van der Waals surface area contributed by atoms with Crippen molar-refractivity contribution in [2.75, 3.05) is 26.2 Å². The van der Waals surface area contributed by atoms with E-state index in [1.807, 2.05) is 0 Å². The number of hydrogen-bond acceptors (Lipinski definition) is 2. The summed E-state index contributed by atoms with van der Waals surface area (Å²) in [4.78, 5) is 2.59. The van der Waals surface area contributed by atoms with E-state index >= 15 is 0 Å². The lowest BCUT2D eigenvalue weighted by molar-refractivity contribution is 0.277. The highest BCUT2D eigenvalue weighted by atomic mass is 16.5. The standard InChI is InChI=1S/C21H25NO/c1-2-6-21-20(5-1)19(12-16-23-21)18-9-7-17(8-10-18)11-15-22-13-3-4-14-22/h1-2,5-10,19H,3-4,11-16H2. The Hall–Kier alpha value is -1.80. The molecule has 1 fully saturated rings. The molecule has 0 radical (unpaired) electrons. The van der Waals surface area contributed by atoms with Crippen molar-refractivity contribution in [1.82, 2.24) is 4.90 Å². The molecule has 0 amide bonds. The summed E-state index contributed by atoms with van der Waals surface area (Å²) in [5.74, 6) is 1.54. The van der Waals surface area contributed by atoms with Crippen molar-refractivity contribution < 1.29 is 4.74 Å². The van der Waals surface area contributed by atoms with Crippen molar-refractivity contribution in [2.24, 2.45) is 0 Å². The van der Waals surface area contributed by atoms with Crippen molar-refractivity contribution in [2.45, 2.75) is 31.6 Å². The molecule has 1 saturated heterocycles. The molecular formula is C21H25NO. The van der Waals surface area contributed by atoms with Gasteiger partial charge >= 0.3 is 0 Å². The van der Waals surface area contributed by atoms with Gasteiger partial charge in [-0.25, -0.2) is 0 Å². The number of likely N-dealkylation sites (tertiary alicyclic amines) is 1. The second kappa shape index (κ2) is 6.76. The molecule has 2 nitrogen and oxygen atoms in total. The van der Waals surface area contributed by atoms with Crippen LogP contribution in [0.15, 0.2) is 48.5 Å². The lowest BCUT2D eigenvalue weighted by atomic mass is 9.86. The van der Waals surface area contributed by atoms with E-state index in [0.717, 1.165) is 18.8 Å². The summed E-state index contributed by atoms with van der Waals surface area (Å²) in [6.45, 7) is 4.60. The lowest BCUT2D eigenvalue weighted by Crippen LogP contribution is -2.21. The van der Waals surface area contributed by atoms with Crippen LogP contribution in [0.3, 0.4) is 0 Å². The topological polar surface area (TPSA) is 12.5 Å². The molecule has 0 N–H and O–H groups in total. The zero-order chi connectivity index (χ0) is 15.5. The summed E-state index contributed by atoms with van der Waals surface area (Å²) in [7, 11) is 0. The van der Waals surface area contributed by atoms with Crippen LogP contribution in [-0.2, 0) is 6.42 Å². The quantitative estimate of drug-likeness (QED) is 0.837. The highest BCUT2D eigenvalue weighted by molar-refractivity contribution is 5.43. The van der Waals surface area contributed by atoms with Gasteiger partial charge in [0, 0.05) is 18.0 Å². The second-order valence-electron chi connectivity index (χ2n) is 6.77. The zero-order valence-corrected chi connectivity index (χ0v) is 13.7. The Morgan fingerprint density at radius 2 is 1.74 bits per heavy atom. The van der Waals surface area contributed by atoms with Crippen LogP contribution in [0.4, 0.5) is 0 Å². The van der Waals surface area contributed by atoms with Crippen molar-refractivity contribution in [3.8, 4) is 5.75 Å². The molecule has 1 unspecified atom stereocenters. The number of benzene rings is 2. The van der Waals surface area contributed by atoms with Crippen molar-refractivity contribution in [3.63, 3.8) is 0 Å². The van der Waals surface area contributed by atoms with Crippen LogP contribution < -0.4 is 4.74 Å². The highest BCUT2D eigenvalue weighted by Crippen LogP contribution is 2.37. The maximum atomic E-state index is 5.79. The van der Waals surface area contributed by atoms with Crippen LogP contribution in [-0.4, -0.2) is 31.1 Å². The predicted octanol–water partition coefficient (Wildman–Crippen LogP) is 4.24. The Balaban J connectivity index is 1.46. The summed E-state index contributed by atoms with van der Waals surface area (Å²) >= 11 is 0. The minimum absolute atomic E-state index is 0.479. The smallest absolute Gasteiger partial charge is 0.123 e. The molecule has 0 aromatic heterocycles. The fourth-order valence-corrected chi connectivity index (χ4v) is 3.90. The molecule has 2 heterocycles. The second-order valence-corrected chi connectivity index (χ2v) is 6.77. The van der Waals surface area contributed by atoms with Crippen molar-refractivity contribution >= 4 is 0 Å². The first kappa shape index (κ1) is 14.8. The minimum atomic E-state index is 0.479. The third-order valence-electron chi connectivity index (χ3n) is 5.26. The molecule has 2 aliphatic rings. The Kier molecular flexibility index (Phi) is 4.34. The molecule has 120 valence electrons. The van der Waals surface area contributed by atoms with E-state index in [1.165, 1.54) is 55.6 Å². The van der Waals surface area contributed by atoms with E-state index < -0.39 is 0 Å². The summed E-state index contributed by atoms with van der Waals surface area (Å²) in [5, 5.41) is 0. The van der Waals surface area contributed by atoms with E-state index in [0.29, 0.717) is 5.92 Å². The summed E-state index contributed by atoms with van der Waals surface area (Å²) in [6, 6.07) is 17.8. The average molecular weight is 307 g/mol. The van der Waals surface area contributed by atoms with Crippen LogP contribution in [0.1, 0.15) is 41.9 Å². The van der Waals surface area contributed by atoms with Gasteiger partial charge in [-0.1, -0.05) is 42.5 Å². The van der Waals surface area contributed by atoms with Gasteiger partial charge < -0.3 is 9.64 Å². The van der Waals surface area contributed by atoms with Crippen LogP contribution in [0.2, 0.25) is 0 Å². The SMILES string of the molecule is c1ccc2c(c1)OCCC2c1ccc(CCN2CCCC2)cc1. The van der Waals surface area contributed by atoms with E-state index in [4.69, 9.17) is 4.74 Å². The Labute approximate surface area is 139 Å². The minimum Gasteiger partial charge on any atom is -0.493 e. The van der Waals surface area contributed by atoms with Crippen LogP contribution >= 0.6 is 0 Å². The maximum absolute atomic E-state index is 5.79. The Morgan fingerprint density at radius 1 is 0.957 bits per heavy atom. The van der Waals surface area contributed by atoms with Gasteiger partial charge in [0.15, 0.2) is 0 Å². The van der Waals surface area contributed by atoms with Gasteiger partial charge in [0.1, 0.15) is 5.75 Å². The van der Waals surface area contributed by atoms with E-state index in [-0.39, 0.29) is 0 Å². The highest BCUT2D eigenvalue weighted by Gasteiger charge is 2.22. The van der Waals surface area contributed by atoms with Crippen LogP contribution in [0, 0.1) is 0 Å². The number of nitrogens with zero attached hydrogens (tertiary/aromatic N) is 1. The van der Waals surface area contributed by atoms with Gasteiger partial charge in [-0.15, -0.1) is 0 Å². The van der Waals surface area contributed by atoms with Crippen LogP contribution in [0.5, 0.6) is 5.75 Å². The molecule has 2 aromatic rings. The van der Waals surface area contributed by atoms with E-state index in [1.54, 1.807) is 0 Å². The molecular weight excluding hydrogens is 282 g/mol. The monoisotopic (exact) mass is 307 g/mol. The molecule has 23 heavy (non-hydrogen) atoms. The summed E-state index contributed by atoms with van der Waals surface area (Å²) in [5.41, 5.74) is 4.22. The van der Waals surface area contributed by atoms with Crippen LogP contribution in [0.25, 0.3) is 0 Å². The van der Waals surface area contributed by atoms with Gasteiger partial charge in [-0.3, -0.25) is 0 Å².